The highest BCUT2D eigenvalue weighted by Gasteiger charge is 2.56. The molecule has 1 heterocycles. The maximum atomic E-state index is 14.0. The Morgan fingerprint density at radius 3 is 2.35 bits per heavy atom. The molecule has 0 fully saturated rings. The highest BCUT2D eigenvalue weighted by molar-refractivity contribution is 5.40. The van der Waals surface area contributed by atoms with E-state index in [1.54, 1.807) is 0 Å². The first kappa shape index (κ1) is 24.3. The summed E-state index contributed by atoms with van der Waals surface area (Å²) in [5.74, 6) is -0.580. The standard InChI is InChI=1S/C20H22F4N2O5/c1-12-7-17(27)25(9-15(12)26(29)30)11-19(28,20(22,23)24)10-18(2,3)14-8-13(21)5-6-16(14)31-4/h5-9,28H,10-11H2,1-4H3. The molecule has 7 nitrogen and oxygen atoms in total. The Balaban J connectivity index is 2.56. The molecule has 1 unspecified atom stereocenters. The third-order valence-electron chi connectivity index (χ3n) is 5.09. The second-order valence-electron chi connectivity index (χ2n) is 8.00. The molecule has 2 rings (SSSR count). The summed E-state index contributed by atoms with van der Waals surface area (Å²) in [6, 6.07) is 4.18. The van der Waals surface area contributed by atoms with Crippen LogP contribution < -0.4 is 10.3 Å². The number of hydrogen-bond acceptors (Lipinski definition) is 5. The molecule has 0 saturated heterocycles. The van der Waals surface area contributed by atoms with Gasteiger partial charge in [-0.1, -0.05) is 13.8 Å². The van der Waals surface area contributed by atoms with Crippen molar-refractivity contribution in [1.29, 1.82) is 0 Å². The summed E-state index contributed by atoms with van der Waals surface area (Å²) in [6.45, 7) is 2.72. The molecule has 1 atom stereocenters. The summed E-state index contributed by atoms with van der Waals surface area (Å²) in [4.78, 5) is 22.5. The first-order valence-electron chi connectivity index (χ1n) is 9.10. The van der Waals surface area contributed by atoms with E-state index in [2.05, 4.69) is 0 Å². The monoisotopic (exact) mass is 446 g/mol. The number of alkyl halides is 3. The van der Waals surface area contributed by atoms with Crippen molar-refractivity contribution in [2.75, 3.05) is 7.11 Å². The number of hydrogen-bond donors (Lipinski definition) is 1. The summed E-state index contributed by atoms with van der Waals surface area (Å²) in [6.07, 6.45) is -5.51. The predicted molar refractivity (Wildman–Crippen MR) is 104 cm³/mol. The highest BCUT2D eigenvalue weighted by atomic mass is 19.4. The molecule has 170 valence electrons. The Morgan fingerprint density at radius 2 is 1.84 bits per heavy atom. The molecule has 0 spiro atoms. The van der Waals surface area contributed by atoms with Gasteiger partial charge in [0.05, 0.1) is 24.8 Å². The molecule has 1 aromatic carbocycles. The number of aromatic nitrogens is 1. The fourth-order valence-corrected chi connectivity index (χ4v) is 3.53. The lowest BCUT2D eigenvalue weighted by atomic mass is 9.74. The van der Waals surface area contributed by atoms with Gasteiger partial charge in [-0.25, -0.2) is 4.39 Å². The molecule has 0 saturated carbocycles. The van der Waals surface area contributed by atoms with Crippen LogP contribution in [-0.2, 0) is 12.0 Å². The van der Waals surface area contributed by atoms with Crippen LogP contribution in [0.5, 0.6) is 5.75 Å². The number of nitro groups is 1. The largest absolute Gasteiger partial charge is 0.496 e. The van der Waals surface area contributed by atoms with Crippen molar-refractivity contribution in [1.82, 2.24) is 4.57 Å². The van der Waals surface area contributed by atoms with Crippen LogP contribution in [0.3, 0.4) is 0 Å². The van der Waals surface area contributed by atoms with Crippen LogP contribution in [0.1, 0.15) is 31.4 Å². The minimum absolute atomic E-state index is 0.0216. The van der Waals surface area contributed by atoms with Gasteiger partial charge in [-0.05, 0) is 37.0 Å². The van der Waals surface area contributed by atoms with Gasteiger partial charge in [0, 0.05) is 17.2 Å². The van der Waals surface area contributed by atoms with Crippen molar-refractivity contribution < 1.29 is 32.3 Å². The number of aryl methyl sites for hydroxylation is 1. The number of pyridine rings is 1. The minimum Gasteiger partial charge on any atom is -0.496 e. The van der Waals surface area contributed by atoms with Crippen molar-refractivity contribution >= 4 is 5.69 Å². The Morgan fingerprint density at radius 1 is 1.23 bits per heavy atom. The Labute approximate surface area is 175 Å². The zero-order valence-electron chi connectivity index (χ0n) is 17.3. The fraction of sp³-hybridized carbons (Fsp3) is 0.450. The Hall–Kier alpha value is -2.95. The van der Waals surface area contributed by atoms with E-state index < -0.39 is 52.1 Å². The number of rotatable bonds is 7. The molecule has 0 radical (unpaired) electrons. The van der Waals surface area contributed by atoms with Gasteiger partial charge in [0.15, 0.2) is 5.60 Å². The summed E-state index contributed by atoms with van der Waals surface area (Å²) in [5.41, 5.74) is -6.35. The molecule has 0 aliphatic carbocycles. The van der Waals surface area contributed by atoms with E-state index in [9.17, 15) is 37.6 Å². The maximum absolute atomic E-state index is 14.0. The molecular weight excluding hydrogens is 424 g/mol. The second-order valence-corrected chi connectivity index (χ2v) is 8.00. The van der Waals surface area contributed by atoms with Crippen LogP contribution in [0, 0.1) is 22.9 Å². The van der Waals surface area contributed by atoms with Crippen LogP contribution in [0.15, 0.2) is 35.3 Å². The lowest BCUT2D eigenvalue weighted by molar-refractivity contribution is -0.386. The van der Waals surface area contributed by atoms with Crippen molar-refractivity contribution in [2.45, 2.75) is 50.9 Å². The summed E-state index contributed by atoms with van der Waals surface area (Å²) in [7, 11) is 1.27. The smallest absolute Gasteiger partial charge is 0.418 e. The SMILES string of the molecule is COc1ccc(F)cc1C(C)(C)CC(O)(Cn1cc([N+](=O)[O-])c(C)cc1=O)C(F)(F)F. The van der Waals surface area contributed by atoms with Gasteiger partial charge in [-0.3, -0.25) is 14.9 Å². The molecule has 0 amide bonds. The quantitative estimate of drug-likeness (QED) is 0.396. The zero-order valence-corrected chi connectivity index (χ0v) is 17.3. The van der Waals surface area contributed by atoms with Crippen molar-refractivity contribution in [3.05, 3.63) is 67.9 Å². The molecule has 1 aromatic heterocycles. The zero-order chi connectivity index (χ0) is 23.8. The van der Waals surface area contributed by atoms with E-state index >= 15 is 0 Å². The molecule has 1 N–H and O–H groups in total. The molecule has 0 aliphatic heterocycles. The van der Waals surface area contributed by atoms with Crippen molar-refractivity contribution in [2.24, 2.45) is 0 Å². The van der Waals surface area contributed by atoms with Crippen LogP contribution in [0.2, 0.25) is 0 Å². The van der Waals surface area contributed by atoms with Gasteiger partial charge in [0.2, 0.25) is 0 Å². The topological polar surface area (TPSA) is 94.6 Å². The first-order valence-corrected chi connectivity index (χ1v) is 9.10. The lowest BCUT2D eigenvalue weighted by Crippen LogP contribution is -2.53. The molecule has 31 heavy (non-hydrogen) atoms. The second kappa shape index (κ2) is 8.29. The van der Waals surface area contributed by atoms with E-state index in [-0.39, 0.29) is 16.9 Å². The minimum atomic E-state index is -5.20. The Bertz CT molecular complexity index is 1050. The summed E-state index contributed by atoms with van der Waals surface area (Å²) in [5, 5.41) is 21.8. The van der Waals surface area contributed by atoms with E-state index in [1.165, 1.54) is 33.9 Å². The number of nitrogens with zero attached hydrogens (tertiary/aromatic N) is 2. The summed E-state index contributed by atoms with van der Waals surface area (Å²) >= 11 is 0. The highest BCUT2D eigenvalue weighted by Crippen LogP contribution is 2.44. The Kier molecular flexibility index (Phi) is 6.51. The van der Waals surface area contributed by atoms with Gasteiger partial charge < -0.3 is 14.4 Å². The predicted octanol–water partition coefficient (Wildman–Crippen LogP) is 3.87. The fourth-order valence-electron chi connectivity index (χ4n) is 3.53. The van der Waals surface area contributed by atoms with Gasteiger partial charge in [-0.2, -0.15) is 13.2 Å². The molecule has 11 heteroatoms. The first-order chi connectivity index (χ1) is 14.1. The van der Waals surface area contributed by atoms with Gasteiger partial charge in [-0.15, -0.1) is 0 Å². The van der Waals surface area contributed by atoms with Crippen molar-refractivity contribution in [3.63, 3.8) is 0 Å². The number of aliphatic hydroxyl groups is 1. The number of methoxy groups -OCH3 is 1. The van der Waals surface area contributed by atoms with Gasteiger partial charge in [0.1, 0.15) is 11.6 Å². The van der Waals surface area contributed by atoms with Gasteiger partial charge >= 0.3 is 6.18 Å². The normalized spacial score (nSPS) is 14.2. The van der Waals surface area contributed by atoms with Crippen LogP contribution in [0.25, 0.3) is 0 Å². The van der Waals surface area contributed by atoms with E-state index in [0.29, 0.717) is 10.8 Å². The average Bonchev–Trinajstić information content (AvgIpc) is 2.62. The summed E-state index contributed by atoms with van der Waals surface area (Å²) < 4.78 is 61.3. The average molecular weight is 446 g/mol. The number of benzene rings is 1. The van der Waals surface area contributed by atoms with E-state index in [1.807, 2.05) is 0 Å². The van der Waals surface area contributed by atoms with Crippen LogP contribution in [-0.4, -0.2) is 33.5 Å². The third-order valence-corrected chi connectivity index (χ3v) is 5.09. The van der Waals surface area contributed by atoms with Crippen LogP contribution >= 0.6 is 0 Å². The van der Waals surface area contributed by atoms with Crippen molar-refractivity contribution in [3.8, 4) is 5.75 Å². The molecule has 0 bridgehead atoms. The van der Waals surface area contributed by atoms with E-state index in [0.717, 1.165) is 18.2 Å². The maximum Gasteiger partial charge on any atom is 0.418 e. The van der Waals surface area contributed by atoms with E-state index in [4.69, 9.17) is 4.74 Å². The number of ether oxygens (including phenoxy) is 1. The molecular formula is C20H22F4N2O5. The third kappa shape index (κ3) is 5.04. The molecule has 2 aromatic rings. The lowest BCUT2D eigenvalue weighted by Gasteiger charge is -2.38. The number of halogens is 4. The van der Waals surface area contributed by atoms with Crippen LogP contribution in [0.4, 0.5) is 23.2 Å². The molecule has 0 aliphatic rings. The van der Waals surface area contributed by atoms with Gasteiger partial charge in [0.25, 0.3) is 11.2 Å².